The quantitative estimate of drug-likeness (QED) is 0.814. The number of nitrogens with one attached hydrogen (secondary N) is 1. The highest BCUT2D eigenvalue weighted by Gasteiger charge is 2.34. The van der Waals surface area contributed by atoms with Crippen molar-refractivity contribution in [3.05, 3.63) is 20.8 Å². The molecule has 0 saturated heterocycles. The molecule has 7 heteroatoms. The number of rotatable bonds is 5. The zero-order valence-corrected chi connectivity index (χ0v) is 12.8. The standard InChI is InChI=1S/C14H22N4O3/c1-4-6-7-8-10(19)18-9-17(5-2)11-12(20)15-14(21)16(3)13(11)18/h4-9H2,1-3H3,(H,15,20,21). The number of aromatic amines is 1. The van der Waals surface area contributed by atoms with Gasteiger partial charge in [-0.15, -0.1) is 0 Å². The van der Waals surface area contributed by atoms with Crippen molar-refractivity contribution in [3.63, 3.8) is 0 Å². The van der Waals surface area contributed by atoms with Crippen LogP contribution in [0.3, 0.4) is 0 Å². The zero-order chi connectivity index (χ0) is 15.6. The van der Waals surface area contributed by atoms with E-state index in [4.69, 9.17) is 0 Å². The first-order chi connectivity index (χ1) is 10.0. The summed E-state index contributed by atoms with van der Waals surface area (Å²) in [6.45, 7) is 4.93. The number of carbonyl (C=O) groups is 1. The Morgan fingerprint density at radius 2 is 1.95 bits per heavy atom. The third-order valence-electron chi connectivity index (χ3n) is 3.83. The van der Waals surface area contributed by atoms with Crippen LogP contribution in [0.1, 0.15) is 39.5 Å². The first-order valence-corrected chi connectivity index (χ1v) is 7.39. The van der Waals surface area contributed by atoms with E-state index in [0.717, 1.165) is 19.3 Å². The average molecular weight is 294 g/mol. The van der Waals surface area contributed by atoms with Crippen molar-refractivity contribution < 1.29 is 4.79 Å². The van der Waals surface area contributed by atoms with Crippen molar-refractivity contribution in [2.24, 2.45) is 7.05 Å². The number of nitrogens with zero attached hydrogens (tertiary/aromatic N) is 3. The summed E-state index contributed by atoms with van der Waals surface area (Å²) < 4.78 is 1.34. The Bertz CT molecular complexity index is 647. The summed E-state index contributed by atoms with van der Waals surface area (Å²) in [6, 6.07) is 0. The molecule has 0 bridgehead atoms. The van der Waals surface area contributed by atoms with Gasteiger partial charge < -0.3 is 4.90 Å². The molecule has 0 radical (unpaired) electrons. The first-order valence-electron chi connectivity index (χ1n) is 7.39. The van der Waals surface area contributed by atoms with Crippen molar-refractivity contribution in [1.82, 2.24) is 9.55 Å². The predicted molar refractivity (Wildman–Crippen MR) is 81.8 cm³/mol. The van der Waals surface area contributed by atoms with E-state index in [1.165, 1.54) is 4.57 Å². The lowest BCUT2D eigenvalue weighted by Crippen LogP contribution is -2.37. The second kappa shape index (κ2) is 6.15. The maximum absolute atomic E-state index is 12.4. The van der Waals surface area contributed by atoms with Gasteiger partial charge in [-0.25, -0.2) is 4.79 Å². The molecule has 1 amide bonds. The number of carbonyl (C=O) groups excluding carboxylic acids is 1. The highest BCUT2D eigenvalue weighted by molar-refractivity contribution is 5.98. The van der Waals surface area contributed by atoms with Crippen LogP contribution in [0.25, 0.3) is 0 Å². The van der Waals surface area contributed by atoms with Crippen LogP contribution in [0.2, 0.25) is 0 Å². The fourth-order valence-electron chi connectivity index (χ4n) is 2.62. The first kappa shape index (κ1) is 15.3. The molecular weight excluding hydrogens is 272 g/mol. The van der Waals surface area contributed by atoms with Crippen LogP contribution < -0.4 is 21.0 Å². The van der Waals surface area contributed by atoms with Gasteiger partial charge in [0.2, 0.25) is 5.91 Å². The van der Waals surface area contributed by atoms with E-state index in [0.29, 0.717) is 31.1 Å². The Hall–Kier alpha value is -2.05. The van der Waals surface area contributed by atoms with Gasteiger partial charge in [-0.3, -0.25) is 24.0 Å². The lowest BCUT2D eigenvalue weighted by molar-refractivity contribution is -0.118. The number of amides is 1. The topological polar surface area (TPSA) is 78.4 Å². The van der Waals surface area contributed by atoms with E-state index in [-0.39, 0.29) is 5.91 Å². The molecule has 0 unspecified atom stereocenters. The van der Waals surface area contributed by atoms with Gasteiger partial charge in [0.25, 0.3) is 5.56 Å². The summed E-state index contributed by atoms with van der Waals surface area (Å²) in [7, 11) is 1.57. The van der Waals surface area contributed by atoms with Gasteiger partial charge in [0, 0.05) is 20.0 Å². The Labute approximate surface area is 123 Å². The van der Waals surface area contributed by atoms with Crippen LogP contribution >= 0.6 is 0 Å². The minimum Gasteiger partial charge on any atom is -0.346 e. The van der Waals surface area contributed by atoms with E-state index in [9.17, 15) is 14.4 Å². The molecule has 0 saturated carbocycles. The normalized spacial score (nSPS) is 13.7. The Kier molecular flexibility index (Phi) is 4.50. The van der Waals surface area contributed by atoms with Gasteiger partial charge in [-0.1, -0.05) is 19.8 Å². The SMILES string of the molecule is CCCCCC(=O)N1CN(CC)c2c1n(C)c(=O)[nH]c2=O. The van der Waals surface area contributed by atoms with E-state index < -0.39 is 11.2 Å². The predicted octanol–water partition coefficient (Wildman–Crippen LogP) is 0.784. The number of H-pyrrole nitrogens is 1. The second-order valence-corrected chi connectivity index (χ2v) is 5.27. The van der Waals surface area contributed by atoms with Crippen molar-refractivity contribution >= 4 is 17.4 Å². The lowest BCUT2D eigenvalue weighted by Gasteiger charge is -2.19. The maximum Gasteiger partial charge on any atom is 0.329 e. The summed E-state index contributed by atoms with van der Waals surface area (Å²) in [5.41, 5.74) is -0.523. The molecule has 0 atom stereocenters. The zero-order valence-electron chi connectivity index (χ0n) is 12.8. The monoisotopic (exact) mass is 294 g/mol. The maximum atomic E-state index is 12.4. The number of aromatic nitrogens is 2. The van der Waals surface area contributed by atoms with Crippen LogP contribution in [0.5, 0.6) is 0 Å². The smallest absolute Gasteiger partial charge is 0.329 e. The van der Waals surface area contributed by atoms with Crippen molar-refractivity contribution in [1.29, 1.82) is 0 Å². The molecule has 7 nitrogen and oxygen atoms in total. The van der Waals surface area contributed by atoms with E-state index in [2.05, 4.69) is 11.9 Å². The van der Waals surface area contributed by atoms with Gasteiger partial charge in [0.05, 0.1) is 6.67 Å². The number of unbranched alkanes of at least 4 members (excludes halogenated alkanes) is 2. The molecule has 1 aromatic heterocycles. The molecule has 1 N–H and O–H groups in total. The number of anilines is 2. The average Bonchev–Trinajstić information content (AvgIpc) is 2.85. The van der Waals surface area contributed by atoms with Gasteiger partial charge >= 0.3 is 5.69 Å². The van der Waals surface area contributed by atoms with Crippen LogP contribution in [0, 0.1) is 0 Å². The molecule has 1 aliphatic rings. The summed E-state index contributed by atoms with van der Waals surface area (Å²) in [5.74, 6) is 0.369. The largest absolute Gasteiger partial charge is 0.346 e. The van der Waals surface area contributed by atoms with Crippen molar-refractivity contribution in [2.45, 2.75) is 39.5 Å². The van der Waals surface area contributed by atoms with Gasteiger partial charge in [0.15, 0.2) is 5.82 Å². The fraction of sp³-hybridized carbons (Fsp3) is 0.643. The molecule has 1 aliphatic heterocycles. The highest BCUT2D eigenvalue weighted by atomic mass is 16.2. The summed E-state index contributed by atoms with van der Waals surface area (Å²) in [5, 5.41) is 0. The fourth-order valence-corrected chi connectivity index (χ4v) is 2.62. The molecule has 116 valence electrons. The number of fused-ring (bicyclic) bond motifs is 1. The van der Waals surface area contributed by atoms with Crippen LogP contribution in [0.4, 0.5) is 11.5 Å². The Morgan fingerprint density at radius 3 is 2.57 bits per heavy atom. The Morgan fingerprint density at radius 1 is 1.24 bits per heavy atom. The molecule has 0 aromatic carbocycles. The van der Waals surface area contributed by atoms with E-state index >= 15 is 0 Å². The lowest BCUT2D eigenvalue weighted by atomic mass is 10.2. The minimum atomic E-state index is -0.497. The van der Waals surface area contributed by atoms with E-state index in [1.54, 1.807) is 11.9 Å². The van der Waals surface area contributed by atoms with Gasteiger partial charge in [-0.2, -0.15) is 0 Å². The molecule has 1 aromatic rings. The molecule has 21 heavy (non-hydrogen) atoms. The van der Waals surface area contributed by atoms with Crippen LogP contribution in [-0.2, 0) is 11.8 Å². The van der Waals surface area contributed by atoms with Crippen molar-refractivity contribution in [3.8, 4) is 0 Å². The van der Waals surface area contributed by atoms with Crippen LogP contribution in [-0.4, -0.2) is 28.7 Å². The van der Waals surface area contributed by atoms with Gasteiger partial charge in [0.1, 0.15) is 5.69 Å². The Balaban J connectivity index is 2.40. The third kappa shape index (κ3) is 2.72. The second-order valence-electron chi connectivity index (χ2n) is 5.27. The third-order valence-corrected chi connectivity index (χ3v) is 3.83. The highest BCUT2D eigenvalue weighted by Crippen LogP contribution is 2.31. The van der Waals surface area contributed by atoms with Crippen LogP contribution in [0.15, 0.2) is 9.59 Å². The molecule has 0 spiro atoms. The molecular formula is C14H22N4O3. The summed E-state index contributed by atoms with van der Waals surface area (Å²) in [6.07, 6.45) is 3.30. The number of hydrogen-bond acceptors (Lipinski definition) is 4. The van der Waals surface area contributed by atoms with Gasteiger partial charge in [-0.05, 0) is 13.3 Å². The van der Waals surface area contributed by atoms with Crippen molar-refractivity contribution in [2.75, 3.05) is 23.0 Å². The van der Waals surface area contributed by atoms with E-state index in [1.807, 2.05) is 11.8 Å². The summed E-state index contributed by atoms with van der Waals surface area (Å²) in [4.78, 5) is 41.8. The molecule has 0 aliphatic carbocycles. The molecule has 0 fully saturated rings. The molecule has 2 rings (SSSR count). The minimum absolute atomic E-state index is 0.0405. The number of hydrogen-bond donors (Lipinski definition) is 1. The summed E-state index contributed by atoms with van der Waals surface area (Å²) >= 11 is 0. The molecule has 2 heterocycles.